The van der Waals surface area contributed by atoms with E-state index in [-0.39, 0.29) is 6.10 Å². The number of hydrogen-bond acceptors (Lipinski definition) is 2. The third-order valence-corrected chi connectivity index (χ3v) is 4.03. The van der Waals surface area contributed by atoms with Crippen LogP contribution in [0.5, 0.6) is 5.75 Å². The average Bonchev–Trinajstić information content (AvgIpc) is 2.95. The maximum Gasteiger partial charge on any atom is 0.119 e. The second-order valence-electron chi connectivity index (χ2n) is 6.57. The summed E-state index contributed by atoms with van der Waals surface area (Å²) < 4.78 is 5.71. The Morgan fingerprint density at radius 1 is 1.26 bits per heavy atom. The summed E-state index contributed by atoms with van der Waals surface area (Å²) in [4.78, 5) is 0. The van der Waals surface area contributed by atoms with Crippen LogP contribution in [0.1, 0.15) is 52.6 Å². The highest BCUT2D eigenvalue weighted by molar-refractivity contribution is 5.31. The van der Waals surface area contributed by atoms with E-state index in [9.17, 15) is 0 Å². The summed E-state index contributed by atoms with van der Waals surface area (Å²) >= 11 is 0. The van der Waals surface area contributed by atoms with Gasteiger partial charge in [-0.1, -0.05) is 32.9 Å². The van der Waals surface area contributed by atoms with Crippen molar-refractivity contribution in [2.24, 2.45) is 11.3 Å². The van der Waals surface area contributed by atoms with E-state index in [4.69, 9.17) is 4.74 Å². The van der Waals surface area contributed by atoms with Gasteiger partial charge in [-0.3, -0.25) is 0 Å². The Balaban J connectivity index is 2.10. The molecule has 0 amide bonds. The molecule has 0 heterocycles. The molecule has 0 aliphatic heterocycles. The van der Waals surface area contributed by atoms with Gasteiger partial charge in [-0.25, -0.2) is 0 Å². The van der Waals surface area contributed by atoms with Crippen LogP contribution < -0.4 is 10.1 Å². The summed E-state index contributed by atoms with van der Waals surface area (Å²) in [7, 11) is 0. The van der Waals surface area contributed by atoms with Crippen molar-refractivity contribution in [2.45, 2.75) is 53.2 Å². The molecule has 1 fully saturated rings. The molecule has 1 aromatic carbocycles. The van der Waals surface area contributed by atoms with Crippen LogP contribution in [0, 0.1) is 11.3 Å². The van der Waals surface area contributed by atoms with Gasteiger partial charge in [0.25, 0.3) is 0 Å². The standard InChI is InChI=1S/C17H27NO/c1-6-18-16(15-11-17(15,4)5)13-7-9-14(10-8-13)19-12(2)3/h7-10,12,15-16,18H,6,11H2,1-5H3. The summed E-state index contributed by atoms with van der Waals surface area (Å²) in [6.07, 6.45) is 1.55. The van der Waals surface area contributed by atoms with Crippen LogP contribution in [0.25, 0.3) is 0 Å². The lowest BCUT2D eigenvalue weighted by atomic mass is 9.97. The Labute approximate surface area is 117 Å². The number of benzene rings is 1. The van der Waals surface area contributed by atoms with Crippen LogP contribution in [0.15, 0.2) is 24.3 Å². The molecule has 1 aliphatic rings. The Hall–Kier alpha value is -1.02. The molecule has 19 heavy (non-hydrogen) atoms. The number of hydrogen-bond donors (Lipinski definition) is 1. The van der Waals surface area contributed by atoms with E-state index in [2.05, 4.69) is 64.2 Å². The first-order chi connectivity index (χ1) is 8.94. The van der Waals surface area contributed by atoms with Crippen molar-refractivity contribution >= 4 is 0 Å². The van der Waals surface area contributed by atoms with E-state index in [0.717, 1.165) is 18.2 Å². The highest BCUT2D eigenvalue weighted by Crippen LogP contribution is 2.57. The monoisotopic (exact) mass is 261 g/mol. The molecule has 2 rings (SSSR count). The fourth-order valence-electron chi connectivity index (χ4n) is 2.82. The smallest absolute Gasteiger partial charge is 0.119 e. The first kappa shape index (κ1) is 14.4. The number of nitrogens with one attached hydrogen (secondary N) is 1. The maximum absolute atomic E-state index is 5.71. The Morgan fingerprint density at radius 3 is 2.26 bits per heavy atom. The minimum Gasteiger partial charge on any atom is -0.491 e. The van der Waals surface area contributed by atoms with Crippen LogP contribution in [-0.4, -0.2) is 12.6 Å². The van der Waals surface area contributed by atoms with Gasteiger partial charge in [0.15, 0.2) is 0 Å². The molecule has 1 aliphatic carbocycles. The van der Waals surface area contributed by atoms with E-state index in [1.807, 2.05) is 0 Å². The molecule has 0 radical (unpaired) electrons. The van der Waals surface area contributed by atoms with Crippen molar-refractivity contribution in [1.82, 2.24) is 5.32 Å². The third kappa shape index (κ3) is 3.50. The van der Waals surface area contributed by atoms with Crippen molar-refractivity contribution < 1.29 is 4.74 Å². The second kappa shape index (κ2) is 5.54. The van der Waals surface area contributed by atoms with E-state index in [0.29, 0.717) is 11.5 Å². The molecule has 2 unspecified atom stereocenters. The van der Waals surface area contributed by atoms with E-state index >= 15 is 0 Å². The highest BCUT2D eigenvalue weighted by atomic mass is 16.5. The van der Waals surface area contributed by atoms with Crippen molar-refractivity contribution in [1.29, 1.82) is 0 Å². The Kier molecular flexibility index (Phi) is 4.19. The molecule has 0 spiro atoms. The van der Waals surface area contributed by atoms with Gasteiger partial charge in [0.05, 0.1) is 6.10 Å². The zero-order valence-corrected chi connectivity index (χ0v) is 12.9. The zero-order chi connectivity index (χ0) is 14.0. The maximum atomic E-state index is 5.71. The van der Waals surface area contributed by atoms with E-state index in [1.54, 1.807) is 0 Å². The van der Waals surface area contributed by atoms with Crippen LogP contribution in [0.2, 0.25) is 0 Å². The normalized spacial score (nSPS) is 22.3. The van der Waals surface area contributed by atoms with Crippen LogP contribution >= 0.6 is 0 Å². The van der Waals surface area contributed by atoms with Crippen LogP contribution in [-0.2, 0) is 0 Å². The van der Waals surface area contributed by atoms with Crippen LogP contribution in [0.4, 0.5) is 0 Å². The predicted octanol–water partition coefficient (Wildman–Crippen LogP) is 4.17. The SMILES string of the molecule is CCNC(c1ccc(OC(C)C)cc1)C1CC1(C)C. The molecular formula is C17H27NO. The first-order valence-electron chi connectivity index (χ1n) is 7.44. The lowest BCUT2D eigenvalue weighted by molar-refractivity contribution is 0.242. The average molecular weight is 261 g/mol. The minimum atomic E-state index is 0.234. The second-order valence-corrected chi connectivity index (χ2v) is 6.57. The summed E-state index contributed by atoms with van der Waals surface area (Å²) in [5.74, 6) is 1.72. The van der Waals surface area contributed by atoms with Crippen molar-refractivity contribution in [3.05, 3.63) is 29.8 Å². The molecule has 0 bridgehead atoms. The zero-order valence-electron chi connectivity index (χ0n) is 12.9. The molecule has 0 saturated heterocycles. The quantitative estimate of drug-likeness (QED) is 0.830. The van der Waals surface area contributed by atoms with Gasteiger partial charge in [-0.15, -0.1) is 0 Å². The molecule has 1 aromatic rings. The van der Waals surface area contributed by atoms with Crippen molar-refractivity contribution in [3.63, 3.8) is 0 Å². The van der Waals surface area contributed by atoms with Crippen molar-refractivity contribution in [3.8, 4) is 5.75 Å². The molecule has 2 atom stereocenters. The van der Waals surface area contributed by atoms with E-state index in [1.165, 1.54) is 12.0 Å². The highest BCUT2D eigenvalue weighted by Gasteiger charge is 2.50. The largest absolute Gasteiger partial charge is 0.491 e. The molecule has 1 saturated carbocycles. The summed E-state index contributed by atoms with van der Waals surface area (Å²) in [5, 5.41) is 3.64. The topological polar surface area (TPSA) is 21.3 Å². The predicted molar refractivity (Wildman–Crippen MR) is 80.5 cm³/mol. The molecule has 2 heteroatoms. The first-order valence-corrected chi connectivity index (χ1v) is 7.44. The minimum absolute atomic E-state index is 0.234. The third-order valence-electron chi connectivity index (χ3n) is 4.03. The van der Waals surface area contributed by atoms with Gasteiger partial charge < -0.3 is 10.1 Å². The summed E-state index contributed by atoms with van der Waals surface area (Å²) in [6, 6.07) is 9.08. The summed E-state index contributed by atoms with van der Waals surface area (Å²) in [5.41, 5.74) is 1.87. The Bertz CT molecular complexity index is 408. The molecule has 2 nitrogen and oxygen atoms in total. The molecule has 1 N–H and O–H groups in total. The van der Waals surface area contributed by atoms with Gasteiger partial charge >= 0.3 is 0 Å². The van der Waals surface area contributed by atoms with Gasteiger partial charge in [0, 0.05) is 6.04 Å². The number of ether oxygens (including phenoxy) is 1. The molecule has 0 aromatic heterocycles. The fraction of sp³-hybridized carbons (Fsp3) is 0.647. The van der Waals surface area contributed by atoms with Gasteiger partial charge in [0.2, 0.25) is 0 Å². The molecular weight excluding hydrogens is 234 g/mol. The lowest BCUT2D eigenvalue weighted by Crippen LogP contribution is -2.24. The number of rotatable bonds is 6. The van der Waals surface area contributed by atoms with Gasteiger partial charge in [-0.2, -0.15) is 0 Å². The van der Waals surface area contributed by atoms with Gasteiger partial charge in [0.1, 0.15) is 5.75 Å². The van der Waals surface area contributed by atoms with E-state index < -0.39 is 0 Å². The molecule has 106 valence electrons. The Morgan fingerprint density at radius 2 is 1.84 bits per heavy atom. The lowest BCUT2D eigenvalue weighted by Gasteiger charge is -2.21. The fourth-order valence-corrected chi connectivity index (χ4v) is 2.82. The van der Waals surface area contributed by atoms with Crippen LogP contribution in [0.3, 0.4) is 0 Å². The van der Waals surface area contributed by atoms with Gasteiger partial charge in [-0.05, 0) is 55.8 Å². The van der Waals surface area contributed by atoms with Crippen molar-refractivity contribution in [2.75, 3.05) is 6.54 Å². The summed E-state index contributed by atoms with van der Waals surface area (Å²) in [6.45, 7) is 12.0.